The maximum Gasteiger partial charge on any atom is 0.227 e. The number of anilines is 3. The number of piperazine rings is 1. The number of hydrogen-bond acceptors (Lipinski definition) is 5. The molecule has 3 aromatic rings. The summed E-state index contributed by atoms with van der Waals surface area (Å²) in [5.74, 6) is -0.452. The van der Waals surface area contributed by atoms with Gasteiger partial charge < -0.3 is 15.1 Å². The van der Waals surface area contributed by atoms with Crippen molar-refractivity contribution in [3.63, 3.8) is 0 Å². The maximum atomic E-state index is 14.7. The summed E-state index contributed by atoms with van der Waals surface area (Å²) in [6.45, 7) is 5.27. The van der Waals surface area contributed by atoms with Crippen LogP contribution in [0.15, 0.2) is 42.6 Å². The van der Waals surface area contributed by atoms with E-state index < -0.39 is 5.82 Å². The molecule has 1 N–H and O–H groups in total. The molecule has 1 aliphatic heterocycles. The smallest absolute Gasteiger partial charge is 0.227 e. The molecule has 0 bridgehead atoms. The molecule has 0 saturated carbocycles. The van der Waals surface area contributed by atoms with Gasteiger partial charge in [-0.05, 0) is 55.9 Å². The van der Waals surface area contributed by atoms with Crippen molar-refractivity contribution in [2.24, 2.45) is 0 Å². The fraction of sp³-hybridized carbons (Fsp3) is 0.273. The minimum absolute atomic E-state index is 0.0292. The predicted molar refractivity (Wildman–Crippen MR) is 117 cm³/mol. The van der Waals surface area contributed by atoms with Gasteiger partial charge in [0.2, 0.25) is 5.95 Å². The van der Waals surface area contributed by atoms with Crippen molar-refractivity contribution in [2.45, 2.75) is 6.92 Å². The lowest BCUT2D eigenvalue weighted by molar-refractivity contribution is 0.311. The van der Waals surface area contributed by atoms with E-state index in [2.05, 4.69) is 32.1 Å². The van der Waals surface area contributed by atoms with E-state index in [0.29, 0.717) is 28.6 Å². The molecule has 8 heteroatoms. The molecular formula is C22H22ClF2N5. The van der Waals surface area contributed by atoms with E-state index in [1.165, 1.54) is 18.2 Å². The molecular weight excluding hydrogens is 408 g/mol. The Morgan fingerprint density at radius 3 is 2.47 bits per heavy atom. The lowest BCUT2D eigenvalue weighted by atomic mass is 10.1. The molecule has 0 amide bonds. The summed E-state index contributed by atoms with van der Waals surface area (Å²) in [7, 11) is 2.07. The first-order valence-corrected chi connectivity index (χ1v) is 10.1. The highest BCUT2D eigenvalue weighted by molar-refractivity contribution is 6.31. The van der Waals surface area contributed by atoms with Gasteiger partial charge in [0.15, 0.2) is 0 Å². The summed E-state index contributed by atoms with van der Waals surface area (Å²) in [4.78, 5) is 13.1. The SMILES string of the molecule is Cc1cnc(Nc2ccc(N3CCN(C)CC3)c(F)c2)nc1-c1ccc(F)c(Cl)c1. The lowest BCUT2D eigenvalue weighted by Gasteiger charge is -2.34. The fourth-order valence-corrected chi connectivity index (χ4v) is 3.64. The number of benzene rings is 2. The van der Waals surface area contributed by atoms with E-state index in [0.717, 1.165) is 31.7 Å². The zero-order chi connectivity index (χ0) is 21.3. The van der Waals surface area contributed by atoms with Gasteiger partial charge in [-0.2, -0.15) is 0 Å². The number of hydrogen-bond donors (Lipinski definition) is 1. The molecule has 2 heterocycles. The Balaban J connectivity index is 1.56. The number of rotatable bonds is 4. The summed E-state index contributed by atoms with van der Waals surface area (Å²) >= 11 is 5.91. The topological polar surface area (TPSA) is 44.3 Å². The van der Waals surface area contributed by atoms with Crippen molar-refractivity contribution < 1.29 is 8.78 Å². The van der Waals surface area contributed by atoms with Crippen LogP contribution in [0.2, 0.25) is 5.02 Å². The van der Waals surface area contributed by atoms with Crippen LogP contribution < -0.4 is 10.2 Å². The number of likely N-dealkylation sites (N-methyl/N-ethyl adjacent to an activating group) is 1. The molecule has 30 heavy (non-hydrogen) atoms. The molecule has 0 aliphatic carbocycles. The summed E-state index contributed by atoms with van der Waals surface area (Å²) in [5.41, 5.74) is 3.28. The highest BCUT2D eigenvalue weighted by Gasteiger charge is 2.18. The molecule has 4 rings (SSSR count). The molecule has 156 valence electrons. The Hall–Kier alpha value is -2.77. The molecule has 0 spiro atoms. The molecule has 0 atom stereocenters. The van der Waals surface area contributed by atoms with E-state index in [1.807, 2.05) is 13.0 Å². The standard InChI is InChI=1S/C22H22ClF2N5/c1-14-13-26-22(28-21(14)15-3-5-18(24)17(23)11-15)27-16-4-6-20(19(25)12-16)30-9-7-29(2)8-10-30/h3-6,11-13H,7-10H2,1-2H3,(H,26,27,28). The average molecular weight is 430 g/mol. The van der Waals surface area contributed by atoms with Crippen LogP contribution in [0.5, 0.6) is 0 Å². The Bertz CT molecular complexity index is 1070. The van der Waals surface area contributed by atoms with E-state index in [9.17, 15) is 8.78 Å². The van der Waals surface area contributed by atoms with Crippen LogP contribution in [-0.4, -0.2) is 48.1 Å². The highest BCUT2D eigenvalue weighted by Crippen LogP contribution is 2.28. The Morgan fingerprint density at radius 2 is 1.77 bits per heavy atom. The first-order chi connectivity index (χ1) is 14.4. The van der Waals surface area contributed by atoms with Crippen molar-refractivity contribution in [3.8, 4) is 11.3 Å². The zero-order valence-electron chi connectivity index (χ0n) is 16.8. The maximum absolute atomic E-state index is 14.7. The normalized spacial score (nSPS) is 14.8. The Labute approximate surface area is 179 Å². The van der Waals surface area contributed by atoms with Gasteiger partial charge in [-0.1, -0.05) is 11.6 Å². The van der Waals surface area contributed by atoms with Gasteiger partial charge >= 0.3 is 0 Å². The van der Waals surface area contributed by atoms with Crippen LogP contribution in [0.4, 0.5) is 26.1 Å². The van der Waals surface area contributed by atoms with Gasteiger partial charge in [0.05, 0.1) is 16.4 Å². The monoisotopic (exact) mass is 429 g/mol. The van der Waals surface area contributed by atoms with Crippen molar-refractivity contribution in [2.75, 3.05) is 43.4 Å². The Kier molecular flexibility index (Phi) is 5.83. The quantitative estimate of drug-likeness (QED) is 0.640. The van der Waals surface area contributed by atoms with Gasteiger partial charge in [0, 0.05) is 43.6 Å². The summed E-state index contributed by atoms with van der Waals surface area (Å²) < 4.78 is 28.2. The summed E-state index contributed by atoms with van der Waals surface area (Å²) in [6, 6.07) is 9.49. The van der Waals surface area contributed by atoms with Crippen molar-refractivity contribution >= 4 is 28.9 Å². The van der Waals surface area contributed by atoms with Crippen LogP contribution >= 0.6 is 11.6 Å². The van der Waals surface area contributed by atoms with Crippen LogP contribution in [0.1, 0.15) is 5.56 Å². The Morgan fingerprint density at radius 1 is 1.00 bits per heavy atom. The lowest BCUT2D eigenvalue weighted by Crippen LogP contribution is -2.44. The predicted octanol–water partition coefficient (Wildman–Crippen LogP) is 4.88. The molecule has 0 radical (unpaired) electrons. The van der Waals surface area contributed by atoms with E-state index in [-0.39, 0.29) is 10.8 Å². The average Bonchev–Trinajstić information content (AvgIpc) is 2.73. The second-order valence-corrected chi connectivity index (χ2v) is 7.84. The second-order valence-electron chi connectivity index (χ2n) is 7.44. The van der Waals surface area contributed by atoms with E-state index >= 15 is 0 Å². The molecule has 5 nitrogen and oxygen atoms in total. The molecule has 1 saturated heterocycles. The molecule has 1 aliphatic rings. The van der Waals surface area contributed by atoms with Crippen LogP contribution in [0, 0.1) is 18.6 Å². The first kappa shape index (κ1) is 20.5. The third kappa shape index (κ3) is 4.37. The van der Waals surface area contributed by atoms with Crippen molar-refractivity contribution in [3.05, 3.63) is 64.8 Å². The number of nitrogens with one attached hydrogen (secondary N) is 1. The van der Waals surface area contributed by atoms with Gasteiger partial charge in [-0.3, -0.25) is 0 Å². The second kappa shape index (κ2) is 8.53. The number of halogens is 3. The first-order valence-electron chi connectivity index (χ1n) is 9.70. The largest absolute Gasteiger partial charge is 0.367 e. The molecule has 1 fully saturated rings. The highest BCUT2D eigenvalue weighted by atomic mass is 35.5. The van der Waals surface area contributed by atoms with Crippen molar-refractivity contribution in [1.29, 1.82) is 0 Å². The van der Waals surface area contributed by atoms with Crippen molar-refractivity contribution in [1.82, 2.24) is 14.9 Å². The van der Waals surface area contributed by atoms with Crippen LogP contribution in [0.3, 0.4) is 0 Å². The van der Waals surface area contributed by atoms with E-state index in [4.69, 9.17) is 11.6 Å². The summed E-state index contributed by atoms with van der Waals surface area (Å²) in [5, 5.41) is 3.08. The zero-order valence-corrected chi connectivity index (χ0v) is 17.5. The third-order valence-electron chi connectivity index (χ3n) is 5.21. The van der Waals surface area contributed by atoms with Crippen LogP contribution in [-0.2, 0) is 0 Å². The number of aromatic nitrogens is 2. The molecule has 0 unspecified atom stereocenters. The molecule has 1 aromatic heterocycles. The number of aryl methyl sites for hydroxylation is 1. The summed E-state index contributed by atoms with van der Waals surface area (Å²) in [6.07, 6.45) is 1.66. The van der Waals surface area contributed by atoms with Gasteiger partial charge in [-0.15, -0.1) is 0 Å². The molecule has 2 aromatic carbocycles. The van der Waals surface area contributed by atoms with Crippen LogP contribution in [0.25, 0.3) is 11.3 Å². The minimum atomic E-state index is -0.485. The van der Waals surface area contributed by atoms with Gasteiger partial charge in [0.1, 0.15) is 11.6 Å². The minimum Gasteiger partial charge on any atom is -0.367 e. The fourth-order valence-electron chi connectivity index (χ4n) is 3.46. The van der Waals surface area contributed by atoms with Gasteiger partial charge in [0.25, 0.3) is 0 Å². The van der Waals surface area contributed by atoms with Gasteiger partial charge in [-0.25, -0.2) is 18.7 Å². The third-order valence-corrected chi connectivity index (χ3v) is 5.50. The van der Waals surface area contributed by atoms with E-state index in [1.54, 1.807) is 18.3 Å². The number of nitrogens with zero attached hydrogens (tertiary/aromatic N) is 4.